The lowest BCUT2D eigenvalue weighted by molar-refractivity contribution is -0.118. The van der Waals surface area contributed by atoms with Crippen LogP contribution in [0.1, 0.15) is 13.3 Å². The SMILES string of the molecule is CCC(=O)N1CCOc2ncc(Br)cc21. The number of carbonyl (C=O) groups is 1. The van der Waals surface area contributed by atoms with E-state index in [9.17, 15) is 4.79 Å². The van der Waals surface area contributed by atoms with E-state index in [-0.39, 0.29) is 5.91 Å². The summed E-state index contributed by atoms with van der Waals surface area (Å²) >= 11 is 3.33. The van der Waals surface area contributed by atoms with Gasteiger partial charge in [-0.15, -0.1) is 0 Å². The Morgan fingerprint density at radius 2 is 2.53 bits per heavy atom. The number of ether oxygens (including phenoxy) is 1. The Hall–Kier alpha value is -1.10. The molecule has 1 aliphatic rings. The quantitative estimate of drug-likeness (QED) is 0.784. The number of nitrogens with zero attached hydrogens (tertiary/aromatic N) is 2. The van der Waals surface area contributed by atoms with Crippen molar-refractivity contribution in [3.63, 3.8) is 0 Å². The Balaban J connectivity index is 2.40. The number of anilines is 1. The molecular formula is C10H11BrN2O2. The Morgan fingerprint density at radius 3 is 3.27 bits per heavy atom. The third kappa shape index (κ3) is 1.97. The van der Waals surface area contributed by atoms with Gasteiger partial charge in [0, 0.05) is 17.1 Å². The zero-order chi connectivity index (χ0) is 10.8. The molecule has 0 radical (unpaired) electrons. The van der Waals surface area contributed by atoms with Gasteiger partial charge in [0.05, 0.1) is 6.54 Å². The molecule has 1 aromatic heterocycles. The van der Waals surface area contributed by atoms with Gasteiger partial charge in [-0.2, -0.15) is 0 Å². The molecule has 15 heavy (non-hydrogen) atoms. The number of hydrogen-bond donors (Lipinski definition) is 0. The lowest BCUT2D eigenvalue weighted by Crippen LogP contribution is -2.37. The summed E-state index contributed by atoms with van der Waals surface area (Å²) in [7, 11) is 0. The van der Waals surface area contributed by atoms with E-state index in [4.69, 9.17) is 4.74 Å². The van der Waals surface area contributed by atoms with E-state index in [0.717, 1.165) is 10.2 Å². The van der Waals surface area contributed by atoms with Crippen LogP contribution in [0, 0.1) is 0 Å². The highest BCUT2D eigenvalue weighted by Crippen LogP contribution is 2.31. The smallest absolute Gasteiger partial charge is 0.238 e. The largest absolute Gasteiger partial charge is 0.474 e. The number of halogens is 1. The van der Waals surface area contributed by atoms with Crippen LogP contribution in [-0.2, 0) is 4.79 Å². The van der Waals surface area contributed by atoms with E-state index in [0.29, 0.717) is 25.5 Å². The van der Waals surface area contributed by atoms with Crippen LogP contribution in [0.3, 0.4) is 0 Å². The van der Waals surface area contributed by atoms with Gasteiger partial charge in [-0.3, -0.25) is 4.79 Å². The van der Waals surface area contributed by atoms with Crippen LogP contribution in [0.25, 0.3) is 0 Å². The number of pyridine rings is 1. The highest BCUT2D eigenvalue weighted by atomic mass is 79.9. The molecule has 0 aromatic carbocycles. The summed E-state index contributed by atoms with van der Waals surface area (Å²) in [6.45, 7) is 2.95. The number of fused-ring (bicyclic) bond motifs is 1. The molecule has 0 atom stereocenters. The van der Waals surface area contributed by atoms with Crippen LogP contribution < -0.4 is 9.64 Å². The van der Waals surface area contributed by atoms with E-state index in [1.54, 1.807) is 11.1 Å². The fourth-order valence-electron chi connectivity index (χ4n) is 1.52. The molecule has 0 saturated heterocycles. The Labute approximate surface area is 96.4 Å². The maximum atomic E-state index is 11.7. The molecule has 4 nitrogen and oxygen atoms in total. The second-order valence-corrected chi connectivity index (χ2v) is 4.14. The zero-order valence-electron chi connectivity index (χ0n) is 8.36. The molecule has 1 aromatic rings. The number of hydrogen-bond acceptors (Lipinski definition) is 3. The molecular weight excluding hydrogens is 260 g/mol. The van der Waals surface area contributed by atoms with Gasteiger partial charge in [0.25, 0.3) is 0 Å². The molecule has 80 valence electrons. The van der Waals surface area contributed by atoms with Gasteiger partial charge in [-0.05, 0) is 22.0 Å². The minimum Gasteiger partial charge on any atom is -0.474 e. The predicted molar refractivity (Wildman–Crippen MR) is 60.1 cm³/mol. The van der Waals surface area contributed by atoms with Crippen LogP contribution in [0.5, 0.6) is 5.88 Å². The topological polar surface area (TPSA) is 42.4 Å². The number of aromatic nitrogens is 1. The first-order valence-corrected chi connectivity index (χ1v) is 5.60. The van der Waals surface area contributed by atoms with Crippen molar-refractivity contribution in [3.05, 3.63) is 16.7 Å². The molecule has 0 fully saturated rings. The molecule has 2 heterocycles. The van der Waals surface area contributed by atoms with E-state index in [1.165, 1.54) is 0 Å². The average Bonchev–Trinajstić information content (AvgIpc) is 2.27. The van der Waals surface area contributed by atoms with Crippen molar-refractivity contribution >= 4 is 27.5 Å². The lowest BCUT2D eigenvalue weighted by atomic mass is 10.3. The van der Waals surface area contributed by atoms with Gasteiger partial charge in [0.1, 0.15) is 12.3 Å². The van der Waals surface area contributed by atoms with Crippen molar-refractivity contribution in [2.45, 2.75) is 13.3 Å². The molecule has 5 heteroatoms. The molecule has 0 bridgehead atoms. The molecule has 1 aliphatic heterocycles. The summed E-state index contributed by atoms with van der Waals surface area (Å²) in [6, 6.07) is 1.86. The van der Waals surface area contributed by atoms with E-state index in [1.807, 2.05) is 13.0 Å². The Bertz CT molecular complexity index is 395. The van der Waals surface area contributed by atoms with Crippen molar-refractivity contribution in [1.29, 1.82) is 0 Å². The van der Waals surface area contributed by atoms with Crippen molar-refractivity contribution in [2.24, 2.45) is 0 Å². The maximum absolute atomic E-state index is 11.7. The predicted octanol–water partition coefficient (Wildman–Crippen LogP) is 1.98. The van der Waals surface area contributed by atoms with Crippen LogP contribution in [0.4, 0.5) is 5.69 Å². The fourth-order valence-corrected chi connectivity index (χ4v) is 1.84. The standard InChI is InChI=1S/C10H11BrN2O2/c1-2-9(14)13-3-4-15-10-8(13)5-7(11)6-12-10/h5-6H,2-4H2,1H3. The van der Waals surface area contributed by atoms with Gasteiger partial charge in [-0.1, -0.05) is 6.92 Å². The summed E-state index contributed by atoms with van der Waals surface area (Å²) in [5.41, 5.74) is 0.752. The summed E-state index contributed by atoms with van der Waals surface area (Å²) in [5, 5.41) is 0. The molecule has 0 unspecified atom stereocenters. The van der Waals surface area contributed by atoms with E-state index >= 15 is 0 Å². The van der Waals surface area contributed by atoms with Gasteiger partial charge >= 0.3 is 0 Å². The first kappa shape index (κ1) is 10.4. The minimum absolute atomic E-state index is 0.0967. The molecule has 0 N–H and O–H groups in total. The van der Waals surface area contributed by atoms with Crippen molar-refractivity contribution in [2.75, 3.05) is 18.1 Å². The van der Waals surface area contributed by atoms with Crippen molar-refractivity contribution in [1.82, 2.24) is 4.98 Å². The zero-order valence-corrected chi connectivity index (χ0v) is 9.95. The van der Waals surface area contributed by atoms with Crippen LogP contribution in [0.15, 0.2) is 16.7 Å². The summed E-state index contributed by atoms with van der Waals surface area (Å²) < 4.78 is 6.23. The highest BCUT2D eigenvalue weighted by Gasteiger charge is 2.23. The molecule has 2 rings (SSSR count). The van der Waals surface area contributed by atoms with Gasteiger partial charge < -0.3 is 9.64 Å². The summed E-state index contributed by atoms with van der Waals surface area (Å²) in [4.78, 5) is 17.5. The van der Waals surface area contributed by atoms with Gasteiger partial charge in [-0.25, -0.2) is 4.98 Å². The monoisotopic (exact) mass is 270 g/mol. The van der Waals surface area contributed by atoms with Crippen LogP contribution >= 0.6 is 15.9 Å². The number of carbonyl (C=O) groups excluding carboxylic acids is 1. The normalized spacial score (nSPS) is 14.4. The molecule has 1 amide bonds. The van der Waals surface area contributed by atoms with Crippen LogP contribution in [-0.4, -0.2) is 24.0 Å². The second-order valence-electron chi connectivity index (χ2n) is 3.23. The average molecular weight is 271 g/mol. The lowest BCUT2D eigenvalue weighted by Gasteiger charge is -2.28. The maximum Gasteiger partial charge on any atom is 0.238 e. The Morgan fingerprint density at radius 1 is 1.73 bits per heavy atom. The molecule has 0 aliphatic carbocycles. The molecule has 0 spiro atoms. The summed E-state index contributed by atoms with van der Waals surface area (Å²) in [5.74, 6) is 0.630. The van der Waals surface area contributed by atoms with Crippen LogP contribution in [0.2, 0.25) is 0 Å². The van der Waals surface area contributed by atoms with Gasteiger partial charge in [0.15, 0.2) is 0 Å². The molecule has 0 saturated carbocycles. The Kier molecular flexibility index (Phi) is 2.90. The highest BCUT2D eigenvalue weighted by molar-refractivity contribution is 9.10. The van der Waals surface area contributed by atoms with Crippen molar-refractivity contribution < 1.29 is 9.53 Å². The van der Waals surface area contributed by atoms with E-state index < -0.39 is 0 Å². The summed E-state index contributed by atoms with van der Waals surface area (Å²) in [6.07, 6.45) is 2.16. The first-order chi connectivity index (χ1) is 7.22. The first-order valence-electron chi connectivity index (χ1n) is 4.81. The van der Waals surface area contributed by atoms with Gasteiger partial charge in [0.2, 0.25) is 11.8 Å². The minimum atomic E-state index is 0.0967. The fraction of sp³-hybridized carbons (Fsp3) is 0.400. The number of rotatable bonds is 1. The third-order valence-electron chi connectivity index (χ3n) is 2.25. The third-order valence-corrected chi connectivity index (χ3v) is 2.68. The van der Waals surface area contributed by atoms with Crippen molar-refractivity contribution in [3.8, 4) is 5.88 Å². The van der Waals surface area contributed by atoms with E-state index in [2.05, 4.69) is 20.9 Å². The second kappa shape index (κ2) is 4.18. The number of amides is 1.